The highest BCUT2D eigenvalue weighted by molar-refractivity contribution is 5.88. The zero-order valence-electron chi connectivity index (χ0n) is 9.65. The molecule has 0 aromatic carbocycles. The third-order valence-electron chi connectivity index (χ3n) is 4.49. The number of hydrogen-bond donors (Lipinski definition) is 0. The minimum Gasteiger partial charge on any atom is -0.339 e. The number of amides is 1. The van der Waals surface area contributed by atoms with E-state index in [0.29, 0.717) is 12.0 Å². The van der Waals surface area contributed by atoms with E-state index in [9.17, 15) is 4.79 Å². The van der Waals surface area contributed by atoms with Crippen LogP contribution in [0.4, 0.5) is 0 Å². The lowest BCUT2D eigenvalue weighted by molar-refractivity contribution is -0.134. The standard InChI is InChI=1S/C12H17N3O/c1-14-5-2-9-6-15(7-10(9)14)11(16)12(8-13)3-4-12/h9-10H,2-7H2,1H3. The van der Waals surface area contributed by atoms with Crippen LogP contribution in [-0.4, -0.2) is 48.4 Å². The second-order valence-corrected chi connectivity index (χ2v) is 5.50. The van der Waals surface area contributed by atoms with Crippen LogP contribution in [0.15, 0.2) is 0 Å². The molecule has 1 amide bonds. The lowest BCUT2D eigenvalue weighted by Crippen LogP contribution is -2.38. The van der Waals surface area contributed by atoms with Crippen molar-refractivity contribution in [3.63, 3.8) is 0 Å². The zero-order valence-corrected chi connectivity index (χ0v) is 9.65. The average molecular weight is 219 g/mol. The van der Waals surface area contributed by atoms with Crippen molar-refractivity contribution in [2.24, 2.45) is 11.3 Å². The molecule has 2 unspecified atom stereocenters. The second-order valence-electron chi connectivity index (χ2n) is 5.50. The average Bonchev–Trinajstić information content (AvgIpc) is 2.86. The van der Waals surface area contributed by atoms with Crippen molar-refractivity contribution < 1.29 is 4.79 Å². The van der Waals surface area contributed by atoms with Crippen molar-refractivity contribution in [2.75, 3.05) is 26.7 Å². The minimum absolute atomic E-state index is 0.0952. The van der Waals surface area contributed by atoms with Gasteiger partial charge < -0.3 is 9.80 Å². The van der Waals surface area contributed by atoms with E-state index in [0.717, 1.165) is 32.5 Å². The predicted molar refractivity (Wildman–Crippen MR) is 58.4 cm³/mol. The number of carbonyl (C=O) groups is 1. The van der Waals surface area contributed by atoms with Gasteiger partial charge >= 0.3 is 0 Å². The Morgan fingerprint density at radius 2 is 2.19 bits per heavy atom. The van der Waals surface area contributed by atoms with Gasteiger partial charge in [-0.3, -0.25) is 4.79 Å². The van der Waals surface area contributed by atoms with Gasteiger partial charge in [-0.15, -0.1) is 0 Å². The summed E-state index contributed by atoms with van der Waals surface area (Å²) in [7, 11) is 2.13. The molecule has 2 heterocycles. The topological polar surface area (TPSA) is 47.3 Å². The number of likely N-dealkylation sites (tertiary alicyclic amines) is 2. The Morgan fingerprint density at radius 3 is 2.75 bits per heavy atom. The summed E-state index contributed by atoms with van der Waals surface area (Å²) in [6, 6.07) is 2.74. The smallest absolute Gasteiger partial charge is 0.243 e. The second kappa shape index (κ2) is 3.21. The predicted octanol–water partition coefficient (Wildman–Crippen LogP) is 0.453. The molecule has 86 valence electrons. The third-order valence-corrected chi connectivity index (χ3v) is 4.49. The first kappa shape index (κ1) is 10.1. The molecule has 1 saturated carbocycles. The van der Waals surface area contributed by atoms with E-state index in [2.05, 4.69) is 18.0 Å². The van der Waals surface area contributed by atoms with E-state index >= 15 is 0 Å². The van der Waals surface area contributed by atoms with Gasteiger partial charge in [0.1, 0.15) is 5.41 Å². The van der Waals surface area contributed by atoms with E-state index < -0.39 is 5.41 Å². The van der Waals surface area contributed by atoms with Gasteiger partial charge in [0.25, 0.3) is 0 Å². The fourth-order valence-corrected chi connectivity index (χ4v) is 3.14. The lowest BCUT2D eigenvalue weighted by atomic mass is 10.1. The Morgan fingerprint density at radius 1 is 1.44 bits per heavy atom. The monoisotopic (exact) mass is 219 g/mol. The van der Waals surface area contributed by atoms with Gasteiger partial charge in [0.05, 0.1) is 6.07 Å². The van der Waals surface area contributed by atoms with Crippen LogP contribution < -0.4 is 0 Å². The first-order valence-corrected chi connectivity index (χ1v) is 6.07. The number of fused-ring (bicyclic) bond motifs is 1. The van der Waals surface area contributed by atoms with E-state index in [-0.39, 0.29) is 5.91 Å². The van der Waals surface area contributed by atoms with Crippen LogP contribution in [-0.2, 0) is 4.79 Å². The van der Waals surface area contributed by atoms with Gasteiger partial charge in [-0.25, -0.2) is 0 Å². The molecule has 0 spiro atoms. The minimum atomic E-state index is -0.628. The van der Waals surface area contributed by atoms with Crippen molar-refractivity contribution in [1.82, 2.24) is 9.80 Å². The Hall–Kier alpha value is -1.08. The maximum Gasteiger partial charge on any atom is 0.243 e. The number of carbonyl (C=O) groups excluding carboxylic acids is 1. The maximum absolute atomic E-state index is 12.2. The number of nitriles is 1. The van der Waals surface area contributed by atoms with Gasteiger partial charge in [0.15, 0.2) is 0 Å². The van der Waals surface area contributed by atoms with Crippen LogP contribution in [0, 0.1) is 22.7 Å². The van der Waals surface area contributed by atoms with Crippen LogP contribution in [0.5, 0.6) is 0 Å². The van der Waals surface area contributed by atoms with Crippen molar-refractivity contribution in [2.45, 2.75) is 25.3 Å². The molecule has 4 heteroatoms. The first-order chi connectivity index (χ1) is 7.66. The van der Waals surface area contributed by atoms with Gasteiger partial charge in [-0.05, 0) is 38.8 Å². The molecule has 0 aromatic heterocycles. The van der Waals surface area contributed by atoms with Crippen LogP contribution in [0.3, 0.4) is 0 Å². The Balaban J connectivity index is 1.71. The first-order valence-electron chi connectivity index (χ1n) is 6.07. The van der Waals surface area contributed by atoms with Gasteiger partial charge in [-0.1, -0.05) is 0 Å². The molecule has 2 saturated heterocycles. The molecule has 1 aliphatic carbocycles. The Kier molecular flexibility index (Phi) is 2.02. The van der Waals surface area contributed by atoms with Gasteiger partial charge in [0.2, 0.25) is 5.91 Å². The molecular weight excluding hydrogens is 202 g/mol. The summed E-state index contributed by atoms with van der Waals surface area (Å²) in [5, 5.41) is 9.03. The number of nitrogens with zero attached hydrogens (tertiary/aromatic N) is 3. The molecule has 4 nitrogen and oxygen atoms in total. The van der Waals surface area contributed by atoms with Crippen LogP contribution >= 0.6 is 0 Å². The van der Waals surface area contributed by atoms with Crippen molar-refractivity contribution >= 4 is 5.91 Å². The van der Waals surface area contributed by atoms with E-state index in [1.807, 2.05) is 4.90 Å². The van der Waals surface area contributed by atoms with Crippen molar-refractivity contribution in [3.05, 3.63) is 0 Å². The van der Waals surface area contributed by atoms with Crippen molar-refractivity contribution in [1.29, 1.82) is 5.26 Å². The molecule has 3 rings (SSSR count). The molecule has 0 aromatic rings. The zero-order chi connectivity index (χ0) is 11.3. The highest BCUT2D eigenvalue weighted by Gasteiger charge is 2.54. The molecular formula is C12H17N3O. The highest BCUT2D eigenvalue weighted by Crippen LogP contribution is 2.47. The van der Waals surface area contributed by atoms with Crippen LogP contribution in [0.2, 0.25) is 0 Å². The third kappa shape index (κ3) is 1.28. The molecule has 3 aliphatic rings. The molecule has 2 aliphatic heterocycles. The van der Waals surface area contributed by atoms with E-state index in [4.69, 9.17) is 5.26 Å². The van der Waals surface area contributed by atoms with Crippen LogP contribution in [0.1, 0.15) is 19.3 Å². The molecule has 0 N–H and O–H groups in total. The quantitative estimate of drug-likeness (QED) is 0.643. The summed E-state index contributed by atoms with van der Waals surface area (Å²) in [4.78, 5) is 16.5. The van der Waals surface area contributed by atoms with E-state index in [1.54, 1.807) is 0 Å². The SMILES string of the molecule is CN1CCC2CN(C(=O)C3(C#N)CC3)CC21. The lowest BCUT2D eigenvalue weighted by Gasteiger charge is -2.22. The number of likely N-dealkylation sites (N-methyl/N-ethyl adjacent to an activating group) is 1. The Bertz CT molecular complexity index is 369. The molecule has 2 atom stereocenters. The fourth-order valence-electron chi connectivity index (χ4n) is 3.14. The van der Waals surface area contributed by atoms with Gasteiger partial charge in [-0.2, -0.15) is 5.26 Å². The largest absolute Gasteiger partial charge is 0.339 e. The summed E-state index contributed by atoms with van der Waals surface area (Å²) < 4.78 is 0. The fraction of sp³-hybridized carbons (Fsp3) is 0.833. The van der Waals surface area contributed by atoms with E-state index in [1.165, 1.54) is 6.42 Å². The number of hydrogen-bond acceptors (Lipinski definition) is 3. The molecule has 3 fully saturated rings. The summed E-state index contributed by atoms with van der Waals surface area (Å²) in [5.74, 6) is 0.737. The summed E-state index contributed by atoms with van der Waals surface area (Å²) in [6.07, 6.45) is 2.73. The summed E-state index contributed by atoms with van der Waals surface area (Å²) >= 11 is 0. The Labute approximate surface area is 95.8 Å². The summed E-state index contributed by atoms with van der Waals surface area (Å²) in [5.41, 5.74) is -0.628. The normalized spacial score (nSPS) is 35.9. The van der Waals surface area contributed by atoms with Gasteiger partial charge in [0, 0.05) is 19.1 Å². The maximum atomic E-state index is 12.2. The summed E-state index contributed by atoms with van der Waals surface area (Å²) in [6.45, 7) is 2.86. The molecule has 16 heavy (non-hydrogen) atoms. The van der Waals surface area contributed by atoms with Crippen LogP contribution in [0.25, 0.3) is 0 Å². The molecule has 0 bridgehead atoms. The molecule has 0 radical (unpaired) electrons. The highest BCUT2D eigenvalue weighted by atomic mass is 16.2. The van der Waals surface area contributed by atoms with Crippen molar-refractivity contribution in [3.8, 4) is 6.07 Å². The number of rotatable bonds is 1.